The normalized spacial score (nSPS) is 8.50. The minimum atomic E-state index is -0.444. The SMILES string of the molecule is Cl.O=C(Cl)Cn1cncn1. The molecule has 10 heavy (non-hydrogen) atoms. The molecule has 1 heterocycles. The van der Waals surface area contributed by atoms with Gasteiger partial charge in [-0.1, -0.05) is 0 Å². The second kappa shape index (κ2) is 4.24. The molecule has 0 aliphatic heterocycles. The van der Waals surface area contributed by atoms with E-state index < -0.39 is 5.24 Å². The largest absolute Gasteiger partial charge is 0.279 e. The maximum atomic E-state index is 10.2. The van der Waals surface area contributed by atoms with Crippen LogP contribution in [0.4, 0.5) is 0 Å². The molecule has 0 aromatic carbocycles. The predicted octanol–water partition coefficient (Wildman–Crippen LogP) is 0.465. The highest BCUT2D eigenvalue weighted by atomic mass is 35.5. The van der Waals surface area contributed by atoms with Crippen molar-refractivity contribution in [1.82, 2.24) is 14.8 Å². The monoisotopic (exact) mass is 181 g/mol. The van der Waals surface area contributed by atoms with Gasteiger partial charge in [0.1, 0.15) is 19.2 Å². The Labute approximate surface area is 68.6 Å². The molecule has 1 aromatic heterocycles. The maximum absolute atomic E-state index is 10.2. The first-order valence-corrected chi connectivity index (χ1v) is 2.67. The first-order chi connectivity index (χ1) is 4.29. The van der Waals surface area contributed by atoms with Crippen molar-refractivity contribution in [3.63, 3.8) is 0 Å². The van der Waals surface area contributed by atoms with E-state index in [1.54, 1.807) is 0 Å². The summed E-state index contributed by atoms with van der Waals surface area (Å²) in [5.74, 6) is 0. The second-order valence-corrected chi connectivity index (χ2v) is 1.87. The molecule has 0 radical (unpaired) electrons. The van der Waals surface area contributed by atoms with Crippen LogP contribution in [0, 0.1) is 0 Å². The Morgan fingerprint density at radius 3 is 2.80 bits per heavy atom. The summed E-state index contributed by atoms with van der Waals surface area (Å²) >= 11 is 5.04. The molecule has 0 amide bonds. The van der Waals surface area contributed by atoms with Crippen molar-refractivity contribution in [2.24, 2.45) is 0 Å². The number of carbonyl (C=O) groups excluding carboxylic acids is 1. The van der Waals surface area contributed by atoms with E-state index in [4.69, 9.17) is 11.6 Å². The van der Waals surface area contributed by atoms with Gasteiger partial charge in [-0.2, -0.15) is 5.10 Å². The number of aromatic nitrogens is 3. The summed E-state index contributed by atoms with van der Waals surface area (Å²) in [5.41, 5.74) is 0. The average molecular weight is 182 g/mol. The van der Waals surface area contributed by atoms with Gasteiger partial charge >= 0.3 is 0 Å². The molecule has 4 nitrogen and oxygen atoms in total. The molecular formula is C4H5Cl2N3O. The Hall–Kier alpha value is -0.610. The third-order valence-corrected chi connectivity index (χ3v) is 0.872. The number of carbonyl (C=O) groups is 1. The topological polar surface area (TPSA) is 47.8 Å². The van der Waals surface area contributed by atoms with Crippen LogP contribution in [0.5, 0.6) is 0 Å². The van der Waals surface area contributed by atoms with Gasteiger partial charge in [-0.05, 0) is 11.6 Å². The summed E-state index contributed by atoms with van der Waals surface area (Å²) in [7, 11) is 0. The Morgan fingerprint density at radius 1 is 1.70 bits per heavy atom. The lowest BCUT2D eigenvalue weighted by Gasteiger charge is -1.89. The van der Waals surface area contributed by atoms with Crippen LogP contribution >= 0.6 is 24.0 Å². The molecule has 0 unspecified atom stereocenters. The van der Waals surface area contributed by atoms with E-state index in [2.05, 4.69) is 10.1 Å². The van der Waals surface area contributed by atoms with Crippen molar-refractivity contribution in [2.75, 3.05) is 0 Å². The van der Waals surface area contributed by atoms with Crippen LogP contribution in [0.15, 0.2) is 12.7 Å². The predicted molar refractivity (Wildman–Crippen MR) is 38.1 cm³/mol. The summed E-state index contributed by atoms with van der Waals surface area (Å²) in [6.07, 6.45) is 2.78. The fraction of sp³-hybridized carbons (Fsp3) is 0.250. The molecular weight excluding hydrogens is 177 g/mol. The van der Waals surface area contributed by atoms with Gasteiger partial charge in [0.15, 0.2) is 0 Å². The zero-order valence-electron chi connectivity index (χ0n) is 4.90. The highest BCUT2D eigenvalue weighted by Crippen LogP contribution is 1.84. The Bertz CT molecular complexity index is 198. The molecule has 0 aliphatic carbocycles. The molecule has 0 atom stereocenters. The van der Waals surface area contributed by atoms with Gasteiger partial charge in [0.2, 0.25) is 5.24 Å². The zero-order valence-corrected chi connectivity index (χ0v) is 6.47. The Morgan fingerprint density at radius 2 is 2.40 bits per heavy atom. The lowest BCUT2D eigenvalue weighted by molar-refractivity contribution is -0.112. The van der Waals surface area contributed by atoms with Gasteiger partial charge in [0.25, 0.3) is 0 Å². The second-order valence-electron chi connectivity index (χ2n) is 1.45. The minimum Gasteiger partial charge on any atom is -0.279 e. The highest BCUT2D eigenvalue weighted by molar-refractivity contribution is 6.63. The van der Waals surface area contributed by atoms with Gasteiger partial charge in [0.05, 0.1) is 0 Å². The average Bonchev–Trinajstić information content (AvgIpc) is 2.15. The van der Waals surface area contributed by atoms with Crippen LogP contribution in [0.1, 0.15) is 0 Å². The van der Waals surface area contributed by atoms with Crippen LogP contribution in [-0.2, 0) is 11.3 Å². The van der Waals surface area contributed by atoms with Crippen molar-refractivity contribution in [1.29, 1.82) is 0 Å². The maximum Gasteiger partial charge on any atom is 0.243 e. The summed E-state index contributed by atoms with van der Waals surface area (Å²) in [5, 5.41) is 3.21. The molecule has 1 aromatic rings. The molecule has 0 saturated carbocycles. The fourth-order valence-electron chi connectivity index (χ4n) is 0.442. The van der Waals surface area contributed by atoms with Crippen molar-refractivity contribution >= 4 is 29.3 Å². The van der Waals surface area contributed by atoms with E-state index in [1.165, 1.54) is 17.3 Å². The number of hydrogen-bond acceptors (Lipinski definition) is 3. The number of hydrogen-bond donors (Lipinski definition) is 0. The number of rotatable bonds is 2. The van der Waals surface area contributed by atoms with Crippen LogP contribution in [0.3, 0.4) is 0 Å². The van der Waals surface area contributed by atoms with Gasteiger partial charge in [0, 0.05) is 0 Å². The van der Waals surface area contributed by atoms with E-state index in [9.17, 15) is 4.79 Å². The minimum absolute atomic E-state index is 0. The van der Waals surface area contributed by atoms with Crippen LogP contribution in [0.25, 0.3) is 0 Å². The molecule has 0 bridgehead atoms. The highest BCUT2D eigenvalue weighted by Gasteiger charge is 1.95. The van der Waals surface area contributed by atoms with Gasteiger partial charge in [-0.3, -0.25) is 4.79 Å². The molecule has 0 saturated heterocycles. The third kappa shape index (κ3) is 2.80. The molecule has 0 aliphatic rings. The van der Waals surface area contributed by atoms with Gasteiger partial charge in [-0.15, -0.1) is 12.4 Å². The molecule has 56 valence electrons. The van der Waals surface area contributed by atoms with E-state index in [1.807, 2.05) is 0 Å². The first kappa shape index (κ1) is 9.39. The van der Waals surface area contributed by atoms with Crippen molar-refractivity contribution in [2.45, 2.75) is 6.54 Å². The third-order valence-electron chi connectivity index (χ3n) is 0.753. The summed E-state index contributed by atoms with van der Waals surface area (Å²) < 4.78 is 1.36. The first-order valence-electron chi connectivity index (χ1n) is 2.30. The van der Waals surface area contributed by atoms with Crippen molar-refractivity contribution < 1.29 is 4.79 Å². The van der Waals surface area contributed by atoms with E-state index in [-0.39, 0.29) is 19.0 Å². The number of halogens is 2. The molecule has 0 fully saturated rings. The number of nitrogens with zero attached hydrogens (tertiary/aromatic N) is 3. The zero-order chi connectivity index (χ0) is 6.69. The van der Waals surface area contributed by atoms with Crippen LogP contribution < -0.4 is 0 Å². The van der Waals surface area contributed by atoms with E-state index >= 15 is 0 Å². The molecule has 1 rings (SSSR count). The Balaban J connectivity index is 0.000000810. The summed E-state index contributed by atoms with van der Waals surface area (Å²) in [4.78, 5) is 13.8. The van der Waals surface area contributed by atoms with Gasteiger partial charge < -0.3 is 0 Å². The standard InChI is InChI=1S/C4H4ClN3O.ClH/c5-4(9)1-8-3-6-2-7-8;/h2-3H,1H2;1H. The van der Waals surface area contributed by atoms with Crippen LogP contribution in [-0.4, -0.2) is 20.0 Å². The van der Waals surface area contributed by atoms with E-state index in [0.29, 0.717) is 0 Å². The fourth-order valence-corrected chi connectivity index (χ4v) is 0.564. The molecule has 6 heteroatoms. The molecule has 0 N–H and O–H groups in total. The lowest BCUT2D eigenvalue weighted by Crippen LogP contribution is -2.03. The van der Waals surface area contributed by atoms with Crippen molar-refractivity contribution in [3.8, 4) is 0 Å². The molecule has 0 spiro atoms. The smallest absolute Gasteiger partial charge is 0.243 e. The quantitative estimate of drug-likeness (QED) is 0.624. The van der Waals surface area contributed by atoms with Crippen LogP contribution in [0.2, 0.25) is 0 Å². The Kier molecular flexibility index (Phi) is 3.99. The summed E-state index contributed by atoms with van der Waals surface area (Å²) in [6, 6.07) is 0. The lowest BCUT2D eigenvalue weighted by atomic mass is 10.7. The van der Waals surface area contributed by atoms with Crippen molar-refractivity contribution in [3.05, 3.63) is 12.7 Å². The van der Waals surface area contributed by atoms with Gasteiger partial charge in [-0.25, -0.2) is 9.67 Å². The summed E-state index contributed by atoms with van der Waals surface area (Å²) in [6.45, 7) is 0.0849. The van der Waals surface area contributed by atoms with E-state index in [0.717, 1.165) is 0 Å².